The van der Waals surface area contributed by atoms with Crippen molar-refractivity contribution in [2.75, 3.05) is 0 Å². The van der Waals surface area contributed by atoms with Gasteiger partial charge in [0.1, 0.15) is 11.9 Å². The maximum atomic E-state index is 10.9. The standard InChI is InChI=1S/C7H4BrClN6O2/c1-14-5(6(8)12-13-14)4-3(15(16)17)2-10-7(9)11-4/h2H,1H3. The first-order chi connectivity index (χ1) is 8.00. The maximum absolute atomic E-state index is 10.9. The molecule has 0 aromatic carbocycles. The Morgan fingerprint density at radius 2 is 2.29 bits per heavy atom. The van der Waals surface area contributed by atoms with Gasteiger partial charge in [0.2, 0.25) is 5.28 Å². The molecule has 0 aliphatic heterocycles. The maximum Gasteiger partial charge on any atom is 0.315 e. The van der Waals surface area contributed by atoms with Crippen LogP contribution in [0.5, 0.6) is 0 Å². The fourth-order valence-corrected chi connectivity index (χ4v) is 1.89. The molecule has 0 unspecified atom stereocenters. The molecule has 2 aromatic heterocycles. The Morgan fingerprint density at radius 1 is 1.59 bits per heavy atom. The van der Waals surface area contributed by atoms with Crippen LogP contribution in [0.3, 0.4) is 0 Å². The van der Waals surface area contributed by atoms with Crippen LogP contribution in [0, 0.1) is 10.1 Å². The summed E-state index contributed by atoms with van der Waals surface area (Å²) in [5.74, 6) is 0. The minimum Gasteiger partial charge on any atom is -0.258 e. The summed E-state index contributed by atoms with van der Waals surface area (Å²) in [5.41, 5.74) is 0.163. The minimum absolute atomic E-state index is 0.0642. The van der Waals surface area contributed by atoms with Gasteiger partial charge >= 0.3 is 5.69 Å². The van der Waals surface area contributed by atoms with Crippen molar-refractivity contribution < 1.29 is 4.92 Å². The molecule has 0 fully saturated rings. The number of aryl methyl sites for hydroxylation is 1. The van der Waals surface area contributed by atoms with E-state index >= 15 is 0 Å². The number of hydrogen-bond donors (Lipinski definition) is 0. The Labute approximate surface area is 108 Å². The van der Waals surface area contributed by atoms with Crippen LogP contribution in [0.2, 0.25) is 5.28 Å². The Balaban J connectivity index is 2.74. The highest BCUT2D eigenvalue weighted by Crippen LogP contribution is 2.31. The summed E-state index contributed by atoms with van der Waals surface area (Å²) in [7, 11) is 1.59. The molecule has 2 aromatic rings. The Kier molecular flexibility index (Phi) is 3.03. The predicted octanol–water partition coefficient (Wildman–Crippen LogP) is 1.60. The number of nitro groups is 1. The van der Waals surface area contributed by atoms with Crippen LogP contribution in [0.25, 0.3) is 11.4 Å². The second-order valence-corrected chi connectivity index (χ2v) is 4.07. The van der Waals surface area contributed by atoms with Crippen molar-refractivity contribution in [1.29, 1.82) is 0 Å². The van der Waals surface area contributed by atoms with E-state index in [1.54, 1.807) is 7.05 Å². The fraction of sp³-hybridized carbons (Fsp3) is 0.143. The second kappa shape index (κ2) is 4.34. The van der Waals surface area contributed by atoms with Gasteiger partial charge in [-0.05, 0) is 27.5 Å². The van der Waals surface area contributed by atoms with Gasteiger partial charge in [0.25, 0.3) is 0 Å². The van der Waals surface area contributed by atoms with Crippen molar-refractivity contribution in [3.05, 3.63) is 26.2 Å². The van der Waals surface area contributed by atoms with Crippen molar-refractivity contribution in [3.63, 3.8) is 0 Å². The zero-order valence-electron chi connectivity index (χ0n) is 8.33. The first-order valence-corrected chi connectivity index (χ1v) is 5.40. The molecule has 0 spiro atoms. The second-order valence-electron chi connectivity index (χ2n) is 2.98. The van der Waals surface area contributed by atoms with E-state index in [1.807, 2.05) is 0 Å². The molecule has 0 amide bonds. The summed E-state index contributed by atoms with van der Waals surface area (Å²) >= 11 is 8.77. The van der Waals surface area contributed by atoms with Crippen LogP contribution in [0.1, 0.15) is 0 Å². The van der Waals surface area contributed by atoms with Gasteiger partial charge in [-0.1, -0.05) is 5.21 Å². The Bertz CT molecular complexity index is 581. The summed E-state index contributed by atoms with van der Waals surface area (Å²) in [5, 5.41) is 18.2. The third-order valence-corrected chi connectivity index (χ3v) is 2.66. The summed E-state index contributed by atoms with van der Waals surface area (Å²) < 4.78 is 1.70. The lowest BCUT2D eigenvalue weighted by molar-refractivity contribution is -0.384. The van der Waals surface area contributed by atoms with Gasteiger partial charge < -0.3 is 0 Å². The van der Waals surface area contributed by atoms with Gasteiger partial charge in [-0.25, -0.2) is 14.6 Å². The number of rotatable bonds is 2. The predicted molar refractivity (Wildman–Crippen MR) is 61.4 cm³/mol. The molecule has 17 heavy (non-hydrogen) atoms. The van der Waals surface area contributed by atoms with Gasteiger partial charge in [0, 0.05) is 7.05 Å². The topological polar surface area (TPSA) is 99.6 Å². The van der Waals surface area contributed by atoms with Crippen LogP contribution in [0.4, 0.5) is 5.69 Å². The van der Waals surface area contributed by atoms with Crippen molar-refractivity contribution >= 4 is 33.2 Å². The molecule has 0 bridgehead atoms. The Hall–Kier alpha value is -1.61. The summed E-state index contributed by atoms with van der Waals surface area (Å²) in [4.78, 5) is 17.7. The number of hydrogen-bond acceptors (Lipinski definition) is 6. The SMILES string of the molecule is Cn1nnc(Br)c1-c1nc(Cl)ncc1[N+](=O)[O-]. The molecule has 2 rings (SSSR count). The van der Waals surface area contributed by atoms with Crippen molar-refractivity contribution in [2.24, 2.45) is 7.05 Å². The molecule has 0 saturated heterocycles. The highest BCUT2D eigenvalue weighted by Gasteiger charge is 2.24. The van der Waals surface area contributed by atoms with E-state index in [2.05, 4.69) is 36.2 Å². The highest BCUT2D eigenvalue weighted by atomic mass is 79.9. The molecular formula is C7H4BrClN6O2. The summed E-state index contributed by atoms with van der Waals surface area (Å²) in [6.07, 6.45) is 1.05. The molecular weight excluding hydrogens is 315 g/mol. The highest BCUT2D eigenvalue weighted by molar-refractivity contribution is 9.10. The molecule has 0 aliphatic rings. The molecule has 0 aliphatic carbocycles. The van der Waals surface area contributed by atoms with E-state index in [4.69, 9.17) is 11.6 Å². The average molecular weight is 320 g/mol. The van der Waals surface area contributed by atoms with Crippen LogP contribution < -0.4 is 0 Å². The van der Waals surface area contributed by atoms with E-state index in [-0.39, 0.29) is 16.7 Å². The van der Waals surface area contributed by atoms with E-state index in [9.17, 15) is 10.1 Å². The molecule has 0 atom stereocenters. The quantitative estimate of drug-likeness (QED) is 0.473. The van der Waals surface area contributed by atoms with E-state index < -0.39 is 4.92 Å². The first-order valence-electron chi connectivity index (χ1n) is 4.23. The zero-order valence-corrected chi connectivity index (χ0v) is 10.7. The Morgan fingerprint density at radius 3 is 2.82 bits per heavy atom. The van der Waals surface area contributed by atoms with Gasteiger partial charge in [-0.3, -0.25) is 10.1 Å². The molecule has 88 valence electrons. The largest absolute Gasteiger partial charge is 0.315 e. The monoisotopic (exact) mass is 318 g/mol. The van der Waals surface area contributed by atoms with Crippen LogP contribution in [0.15, 0.2) is 10.8 Å². The lowest BCUT2D eigenvalue weighted by Crippen LogP contribution is -2.01. The summed E-state index contributed by atoms with van der Waals surface area (Å²) in [6.45, 7) is 0. The third-order valence-electron chi connectivity index (χ3n) is 1.95. The minimum atomic E-state index is -0.592. The van der Waals surface area contributed by atoms with E-state index in [0.29, 0.717) is 10.3 Å². The number of nitrogens with zero attached hydrogens (tertiary/aromatic N) is 6. The van der Waals surface area contributed by atoms with Gasteiger partial charge in [-0.2, -0.15) is 0 Å². The molecule has 10 heteroatoms. The van der Waals surface area contributed by atoms with Crippen LogP contribution in [-0.2, 0) is 7.05 Å². The molecule has 0 N–H and O–H groups in total. The van der Waals surface area contributed by atoms with Gasteiger partial charge in [0.05, 0.1) is 4.92 Å². The van der Waals surface area contributed by atoms with Crippen molar-refractivity contribution in [2.45, 2.75) is 0 Å². The molecule has 0 saturated carbocycles. The summed E-state index contributed by atoms with van der Waals surface area (Å²) in [6, 6.07) is 0. The number of halogens is 2. The van der Waals surface area contributed by atoms with E-state index in [0.717, 1.165) is 6.20 Å². The third kappa shape index (κ3) is 2.11. The molecule has 8 nitrogen and oxygen atoms in total. The van der Waals surface area contributed by atoms with Gasteiger partial charge in [0.15, 0.2) is 10.3 Å². The molecule has 0 radical (unpaired) electrons. The van der Waals surface area contributed by atoms with Crippen molar-refractivity contribution in [1.82, 2.24) is 25.0 Å². The fourth-order valence-electron chi connectivity index (χ4n) is 1.24. The number of aromatic nitrogens is 5. The van der Waals surface area contributed by atoms with Crippen LogP contribution in [-0.4, -0.2) is 29.9 Å². The zero-order chi connectivity index (χ0) is 12.6. The smallest absolute Gasteiger partial charge is 0.258 e. The lowest BCUT2D eigenvalue weighted by Gasteiger charge is -2.02. The lowest BCUT2D eigenvalue weighted by atomic mass is 10.3. The van der Waals surface area contributed by atoms with Gasteiger partial charge in [-0.15, -0.1) is 5.10 Å². The average Bonchev–Trinajstić information content (AvgIpc) is 2.58. The molecule has 2 heterocycles. The first kappa shape index (κ1) is 11.9. The van der Waals surface area contributed by atoms with E-state index in [1.165, 1.54) is 4.68 Å². The van der Waals surface area contributed by atoms with Crippen molar-refractivity contribution in [3.8, 4) is 11.4 Å². The normalized spacial score (nSPS) is 10.5. The van der Waals surface area contributed by atoms with Crippen LogP contribution >= 0.6 is 27.5 Å².